The lowest BCUT2D eigenvalue weighted by molar-refractivity contribution is -0.141. The number of hydrogen-bond donors (Lipinski definition) is 2. The molecule has 19 heavy (non-hydrogen) atoms. The van der Waals surface area contributed by atoms with Gasteiger partial charge in [-0.15, -0.1) is 0 Å². The third-order valence-electron chi connectivity index (χ3n) is 2.70. The standard InChI is InChI=1S/C13H15BrFNO3/c1-7(12(17)16-8(2)13(18)19)5-9-3-4-11(15)10(14)6-9/h3-4,6-8H,5H2,1-2H3,(H,16,17)(H,18,19)/t7?,8-/m1/s1. The molecule has 0 fully saturated rings. The number of carbonyl (C=O) groups is 2. The Kier molecular flexibility index (Phi) is 5.47. The van der Waals surface area contributed by atoms with Crippen LogP contribution in [0.25, 0.3) is 0 Å². The first-order valence-corrected chi connectivity index (χ1v) is 6.57. The lowest BCUT2D eigenvalue weighted by atomic mass is 10.00. The highest BCUT2D eigenvalue weighted by Gasteiger charge is 2.19. The molecule has 0 aliphatic carbocycles. The molecule has 0 spiro atoms. The van der Waals surface area contributed by atoms with E-state index in [2.05, 4.69) is 21.2 Å². The van der Waals surface area contributed by atoms with Crippen molar-refractivity contribution in [1.82, 2.24) is 5.32 Å². The monoisotopic (exact) mass is 331 g/mol. The number of aliphatic carboxylic acids is 1. The molecule has 0 aromatic heterocycles. The molecule has 2 N–H and O–H groups in total. The summed E-state index contributed by atoms with van der Waals surface area (Å²) in [6, 6.07) is 3.61. The van der Waals surface area contributed by atoms with Gasteiger partial charge in [0.25, 0.3) is 0 Å². The first-order chi connectivity index (χ1) is 8.81. The van der Waals surface area contributed by atoms with Crippen LogP contribution in [0.3, 0.4) is 0 Å². The van der Waals surface area contributed by atoms with Crippen LogP contribution in [-0.4, -0.2) is 23.0 Å². The third-order valence-corrected chi connectivity index (χ3v) is 3.31. The van der Waals surface area contributed by atoms with Gasteiger partial charge in [-0.3, -0.25) is 9.59 Å². The van der Waals surface area contributed by atoms with Crippen molar-refractivity contribution in [1.29, 1.82) is 0 Å². The summed E-state index contributed by atoms with van der Waals surface area (Å²) in [6.45, 7) is 3.10. The summed E-state index contributed by atoms with van der Waals surface area (Å²) < 4.78 is 13.4. The minimum absolute atomic E-state index is 0.338. The molecular weight excluding hydrogens is 317 g/mol. The second kappa shape index (κ2) is 6.65. The van der Waals surface area contributed by atoms with Crippen LogP contribution in [0.4, 0.5) is 4.39 Å². The Morgan fingerprint density at radius 1 is 1.42 bits per heavy atom. The fourth-order valence-electron chi connectivity index (χ4n) is 1.53. The normalized spacial score (nSPS) is 13.7. The molecule has 0 radical (unpaired) electrons. The van der Waals surface area contributed by atoms with E-state index in [-0.39, 0.29) is 17.6 Å². The van der Waals surface area contributed by atoms with E-state index in [4.69, 9.17) is 5.11 Å². The first kappa shape index (κ1) is 15.6. The number of nitrogens with one attached hydrogen (secondary N) is 1. The molecular formula is C13H15BrFNO3. The lowest BCUT2D eigenvalue weighted by Gasteiger charge is -2.15. The summed E-state index contributed by atoms with van der Waals surface area (Å²) in [4.78, 5) is 22.4. The van der Waals surface area contributed by atoms with Crippen molar-refractivity contribution < 1.29 is 19.1 Å². The summed E-state index contributed by atoms with van der Waals surface area (Å²) in [6.07, 6.45) is 0.414. The zero-order chi connectivity index (χ0) is 14.6. The van der Waals surface area contributed by atoms with Crippen LogP contribution < -0.4 is 5.32 Å². The molecule has 1 aromatic rings. The summed E-state index contributed by atoms with van der Waals surface area (Å²) in [5.74, 6) is -2.17. The van der Waals surface area contributed by atoms with Crippen LogP contribution >= 0.6 is 15.9 Å². The molecule has 0 heterocycles. The molecule has 1 rings (SSSR count). The van der Waals surface area contributed by atoms with Crippen LogP contribution in [-0.2, 0) is 16.0 Å². The van der Waals surface area contributed by atoms with Crippen LogP contribution in [0, 0.1) is 11.7 Å². The van der Waals surface area contributed by atoms with Gasteiger partial charge in [0, 0.05) is 5.92 Å². The zero-order valence-corrected chi connectivity index (χ0v) is 12.2. The van der Waals surface area contributed by atoms with E-state index in [1.807, 2.05) is 0 Å². The fourth-order valence-corrected chi connectivity index (χ4v) is 1.96. The molecule has 0 saturated carbocycles. The summed E-state index contributed by atoms with van der Waals surface area (Å²) in [5.41, 5.74) is 0.805. The van der Waals surface area contributed by atoms with E-state index >= 15 is 0 Å². The average Bonchev–Trinajstić information content (AvgIpc) is 2.33. The Morgan fingerprint density at radius 2 is 2.05 bits per heavy atom. The Hall–Kier alpha value is -1.43. The highest BCUT2D eigenvalue weighted by Crippen LogP contribution is 2.19. The van der Waals surface area contributed by atoms with E-state index in [9.17, 15) is 14.0 Å². The number of amides is 1. The highest BCUT2D eigenvalue weighted by atomic mass is 79.9. The minimum Gasteiger partial charge on any atom is -0.480 e. The van der Waals surface area contributed by atoms with Crippen LogP contribution in [0.15, 0.2) is 22.7 Å². The SMILES string of the molecule is CC(Cc1ccc(F)c(Br)c1)C(=O)N[C@H](C)C(=O)O. The molecule has 0 saturated heterocycles. The molecule has 0 aliphatic rings. The minimum atomic E-state index is -1.08. The molecule has 1 aromatic carbocycles. The molecule has 6 heteroatoms. The van der Waals surface area contributed by atoms with Gasteiger partial charge in [-0.25, -0.2) is 4.39 Å². The molecule has 4 nitrogen and oxygen atoms in total. The highest BCUT2D eigenvalue weighted by molar-refractivity contribution is 9.10. The van der Waals surface area contributed by atoms with Crippen molar-refractivity contribution in [2.45, 2.75) is 26.3 Å². The largest absolute Gasteiger partial charge is 0.480 e. The van der Waals surface area contributed by atoms with Gasteiger partial charge < -0.3 is 10.4 Å². The van der Waals surface area contributed by atoms with Gasteiger partial charge in [-0.05, 0) is 47.0 Å². The number of carbonyl (C=O) groups excluding carboxylic acids is 1. The lowest BCUT2D eigenvalue weighted by Crippen LogP contribution is -2.41. The smallest absolute Gasteiger partial charge is 0.325 e. The summed E-state index contributed by atoms with van der Waals surface area (Å²) in [7, 11) is 0. The van der Waals surface area contributed by atoms with Crippen LogP contribution in [0.1, 0.15) is 19.4 Å². The fraction of sp³-hybridized carbons (Fsp3) is 0.385. The van der Waals surface area contributed by atoms with E-state index in [1.54, 1.807) is 19.1 Å². The third kappa shape index (κ3) is 4.63. The maximum atomic E-state index is 13.1. The van der Waals surface area contributed by atoms with Gasteiger partial charge in [0.1, 0.15) is 11.9 Å². The summed E-state index contributed by atoms with van der Waals surface area (Å²) in [5, 5.41) is 11.1. The van der Waals surface area contributed by atoms with Crippen molar-refractivity contribution in [3.05, 3.63) is 34.1 Å². The van der Waals surface area contributed by atoms with Gasteiger partial charge in [0.2, 0.25) is 5.91 Å². The maximum Gasteiger partial charge on any atom is 0.325 e. The van der Waals surface area contributed by atoms with E-state index in [0.29, 0.717) is 10.9 Å². The summed E-state index contributed by atoms with van der Waals surface area (Å²) >= 11 is 3.08. The number of carboxylic acid groups (broad SMARTS) is 1. The van der Waals surface area contributed by atoms with Crippen molar-refractivity contribution in [3.63, 3.8) is 0 Å². The molecule has 1 unspecified atom stereocenters. The van der Waals surface area contributed by atoms with Gasteiger partial charge in [0.05, 0.1) is 4.47 Å². The molecule has 104 valence electrons. The predicted molar refractivity (Wildman–Crippen MR) is 72.2 cm³/mol. The topological polar surface area (TPSA) is 66.4 Å². The molecule has 0 aliphatic heterocycles. The Labute approximate surface area is 119 Å². The number of rotatable bonds is 5. The van der Waals surface area contributed by atoms with Crippen molar-refractivity contribution in [2.24, 2.45) is 5.92 Å². The average molecular weight is 332 g/mol. The number of benzene rings is 1. The van der Waals surface area contributed by atoms with Crippen LogP contribution in [0.5, 0.6) is 0 Å². The quantitative estimate of drug-likeness (QED) is 0.870. The van der Waals surface area contributed by atoms with E-state index < -0.39 is 12.0 Å². The Morgan fingerprint density at radius 3 is 2.58 bits per heavy atom. The number of carboxylic acids is 1. The number of halogens is 2. The van der Waals surface area contributed by atoms with Crippen molar-refractivity contribution >= 4 is 27.8 Å². The van der Waals surface area contributed by atoms with Gasteiger partial charge in [0.15, 0.2) is 0 Å². The van der Waals surface area contributed by atoms with Gasteiger partial charge in [-0.2, -0.15) is 0 Å². The van der Waals surface area contributed by atoms with E-state index in [1.165, 1.54) is 13.0 Å². The molecule has 2 atom stereocenters. The zero-order valence-electron chi connectivity index (χ0n) is 10.6. The van der Waals surface area contributed by atoms with E-state index in [0.717, 1.165) is 5.56 Å². The number of hydrogen-bond acceptors (Lipinski definition) is 2. The van der Waals surface area contributed by atoms with Gasteiger partial charge >= 0.3 is 5.97 Å². The second-order valence-electron chi connectivity index (χ2n) is 4.42. The Bertz CT molecular complexity index is 493. The predicted octanol–water partition coefficient (Wildman–Crippen LogP) is 2.36. The van der Waals surface area contributed by atoms with Gasteiger partial charge in [-0.1, -0.05) is 13.0 Å². The second-order valence-corrected chi connectivity index (χ2v) is 5.28. The molecule has 1 amide bonds. The van der Waals surface area contributed by atoms with Crippen molar-refractivity contribution in [2.75, 3.05) is 0 Å². The van der Waals surface area contributed by atoms with Crippen molar-refractivity contribution in [3.8, 4) is 0 Å². The Balaban J connectivity index is 2.63. The maximum absolute atomic E-state index is 13.1. The molecule has 0 bridgehead atoms. The van der Waals surface area contributed by atoms with Crippen LogP contribution in [0.2, 0.25) is 0 Å². The first-order valence-electron chi connectivity index (χ1n) is 5.78.